The summed E-state index contributed by atoms with van der Waals surface area (Å²) in [5.41, 5.74) is 6.75. The van der Waals surface area contributed by atoms with Gasteiger partial charge in [-0.3, -0.25) is 4.79 Å². The van der Waals surface area contributed by atoms with Crippen molar-refractivity contribution >= 4 is 11.6 Å². The number of fused-ring (bicyclic) bond motifs is 1. The molecule has 0 aliphatic carbocycles. The first kappa shape index (κ1) is 13.0. The molecule has 1 amide bonds. The average Bonchev–Trinajstić information content (AvgIpc) is 2.89. The molecule has 0 saturated heterocycles. The number of hydrogen-bond donors (Lipinski definition) is 1. The van der Waals surface area contributed by atoms with Crippen LogP contribution in [0.5, 0.6) is 0 Å². The fraction of sp³-hybridized carbons (Fsp3) is 0.154. The van der Waals surface area contributed by atoms with Crippen molar-refractivity contribution in [1.82, 2.24) is 24.4 Å². The number of primary amides is 1. The molecule has 0 saturated carbocycles. The normalized spacial score (nSPS) is 10.9. The van der Waals surface area contributed by atoms with Crippen molar-refractivity contribution < 1.29 is 4.79 Å². The number of benzene rings is 1. The van der Waals surface area contributed by atoms with Crippen molar-refractivity contribution in [2.24, 2.45) is 5.73 Å². The number of aromatic nitrogens is 5. The minimum Gasteiger partial charge on any atom is -0.364 e. The third-order valence-corrected chi connectivity index (χ3v) is 3.23. The van der Waals surface area contributed by atoms with Gasteiger partial charge in [-0.15, -0.1) is 5.10 Å². The highest BCUT2D eigenvalue weighted by molar-refractivity contribution is 5.96. The summed E-state index contributed by atoms with van der Waals surface area (Å²) in [7, 11) is 0. The van der Waals surface area contributed by atoms with Crippen LogP contribution in [0.15, 0.2) is 35.4 Å². The van der Waals surface area contributed by atoms with Crippen LogP contribution in [0, 0.1) is 6.92 Å². The second-order valence-electron chi connectivity index (χ2n) is 4.61. The van der Waals surface area contributed by atoms with Gasteiger partial charge in [0.15, 0.2) is 11.3 Å². The SMILES string of the molecule is Cc1ccccc1Cn1nnc2c(C(N)=O)ncn2c1=O. The first-order valence-corrected chi connectivity index (χ1v) is 6.23. The van der Waals surface area contributed by atoms with E-state index in [0.717, 1.165) is 15.5 Å². The minimum atomic E-state index is -0.747. The van der Waals surface area contributed by atoms with Gasteiger partial charge in [-0.1, -0.05) is 29.5 Å². The molecule has 0 atom stereocenters. The van der Waals surface area contributed by atoms with Gasteiger partial charge in [0.1, 0.15) is 6.33 Å². The molecule has 21 heavy (non-hydrogen) atoms. The molecule has 0 fully saturated rings. The smallest absolute Gasteiger partial charge is 0.353 e. The van der Waals surface area contributed by atoms with Gasteiger partial charge < -0.3 is 5.73 Å². The van der Waals surface area contributed by atoms with Crippen LogP contribution in [-0.2, 0) is 6.54 Å². The van der Waals surface area contributed by atoms with E-state index in [2.05, 4.69) is 15.3 Å². The number of carbonyl (C=O) groups is 1. The topological polar surface area (TPSA) is 108 Å². The number of carbonyl (C=O) groups excluding carboxylic acids is 1. The zero-order valence-corrected chi connectivity index (χ0v) is 11.2. The second-order valence-corrected chi connectivity index (χ2v) is 4.61. The molecule has 3 rings (SSSR count). The van der Waals surface area contributed by atoms with E-state index in [0.29, 0.717) is 6.54 Å². The molecule has 0 radical (unpaired) electrons. The van der Waals surface area contributed by atoms with Crippen molar-refractivity contribution in [2.75, 3.05) is 0 Å². The first-order valence-electron chi connectivity index (χ1n) is 6.23. The van der Waals surface area contributed by atoms with Gasteiger partial charge in [0.2, 0.25) is 0 Å². The fourth-order valence-electron chi connectivity index (χ4n) is 2.06. The summed E-state index contributed by atoms with van der Waals surface area (Å²) in [6, 6.07) is 7.68. The molecule has 2 N–H and O–H groups in total. The Hall–Kier alpha value is -3.03. The summed E-state index contributed by atoms with van der Waals surface area (Å²) in [5, 5.41) is 7.71. The van der Waals surface area contributed by atoms with E-state index in [1.807, 2.05) is 31.2 Å². The Bertz CT molecular complexity index is 895. The number of hydrogen-bond acceptors (Lipinski definition) is 5. The first-order chi connectivity index (χ1) is 10.1. The van der Waals surface area contributed by atoms with Crippen molar-refractivity contribution in [2.45, 2.75) is 13.5 Å². The lowest BCUT2D eigenvalue weighted by molar-refractivity contribution is 0.0997. The van der Waals surface area contributed by atoms with Gasteiger partial charge in [-0.05, 0) is 18.1 Å². The molecule has 0 aliphatic heterocycles. The zero-order valence-electron chi connectivity index (χ0n) is 11.2. The Morgan fingerprint density at radius 1 is 1.33 bits per heavy atom. The van der Waals surface area contributed by atoms with Crippen molar-refractivity contribution in [3.63, 3.8) is 0 Å². The van der Waals surface area contributed by atoms with E-state index >= 15 is 0 Å². The summed E-state index contributed by atoms with van der Waals surface area (Å²) in [6.07, 6.45) is 1.22. The molecule has 0 unspecified atom stereocenters. The standard InChI is InChI=1S/C13H12N6O2/c1-8-4-2-3-5-9(8)6-19-13(21)18-7-15-10(11(14)20)12(18)16-17-19/h2-5,7H,6H2,1H3,(H2,14,20). The van der Waals surface area contributed by atoms with Crippen LogP contribution in [-0.4, -0.2) is 30.3 Å². The van der Waals surface area contributed by atoms with E-state index in [1.165, 1.54) is 11.0 Å². The largest absolute Gasteiger partial charge is 0.364 e. The molecular weight excluding hydrogens is 272 g/mol. The Kier molecular flexibility index (Phi) is 2.98. The van der Waals surface area contributed by atoms with Gasteiger partial charge >= 0.3 is 5.69 Å². The van der Waals surface area contributed by atoms with Crippen molar-refractivity contribution in [3.05, 3.63) is 57.9 Å². The predicted octanol–water partition coefficient (Wildman–Crippen LogP) is -0.258. The number of nitrogens with two attached hydrogens (primary N) is 1. The molecule has 0 spiro atoms. The Balaban J connectivity index is 2.09. The van der Waals surface area contributed by atoms with E-state index in [-0.39, 0.29) is 11.3 Å². The summed E-state index contributed by atoms with van der Waals surface area (Å²) < 4.78 is 2.37. The molecule has 3 aromatic rings. The molecule has 2 heterocycles. The molecule has 106 valence electrons. The van der Waals surface area contributed by atoms with Crippen LogP contribution in [0.4, 0.5) is 0 Å². The van der Waals surface area contributed by atoms with Crippen LogP contribution < -0.4 is 11.4 Å². The fourth-order valence-corrected chi connectivity index (χ4v) is 2.06. The third-order valence-electron chi connectivity index (χ3n) is 3.23. The van der Waals surface area contributed by atoms with Crippen molar-refractivity contribution in [3.8, 4) is 0 Å². The Labute approximate surface area is 118 Å². The lowest BCUT2D eigenvalue weighted by atomic mass is 10.1. The van der Waals surface area contributed by atoms with Crippen LogP contribution in [0.1, 0.15) is 21.6 Å². The maximum absolute atomic E-state index is 12.3. The molecule has 0 bridgehead atoms. The highest BCUT2D eigenvalue weighted by Crippen LogP contribution is 2.07. The van der Waals surface area contributed by atoms with Gasteiger partial charge in [-0.25, -0.2) is 14.2 Å². The lowest BCUT2D eigenvalue weighted by Crippen LogP contribution is -2.30. The van der Waals surface area contributed by atoms with Crippen LogP contribution in [0.3, 0.4) is 0 Å². The molecule has 8 nitrogen and oxygen atoms in total. The minimum absolute atomic E-state index is 0.0635. The van der Waals surface area contributed by atoms with E-state index < -0.39 is 11.6 Å². The number of aryl methyl sites for hydroxylation is 1. The molecule has 2 aromatic heterocycles. The Morgan fingerprint density at radius 2 is 2.10 bits per heavy atom. The molecule has 0 aliphatic rings. The number of rotatable bonds is 3. The summed E-state index contributed by atoms with van der Waals surface area (Å²) in [5.74, 6) is -0.747. The zero-order chi connectivity index (χ0) is 15.0. The highest BCUT2D eigenvalue weighted by Gasteiger charge is 2.15. The average molecular weight is 284 g/mol. The quantitative estimate of drug-likeness (QED) is 0.713. The van der Waals surface area contributed by atoms with Crippen molar-refractivity contribution in [1.29, 1.82) is 0 Å². The third kappa shape index (κ3) is 2.16. The monoisotopic (exact) mass is 284 g/mol. The second kappa shape index (κ2) is 4.82. The van der Waals surface area contributed by atoms with E-state index in [1.54, 1.807) is 0 Å². The summed E-state index contributed by atoms with van der Waals surface area (Å²) in [4.78, 5) is 27.3. The lowest BCUT2D eigenvalue weighted by Gasteiger charge is -2.06. The number of nitrogens with zero attached hydrogens (tertiary/aromatic N) is 5. The maximum Gasteiger partial charge on any atom is 0.353 e. The summed E-state index contributed by atoms with van der Waals surface area (Å²) >= 11 is 0. The van der Waals surface area contributed by atoms with Crippen LogP contribution in [0.25, 0.3) is 5.65 Å². The van der Waals surface area contributed by atoms with Crippen LogP contribution in [0.2, 0.25) is 0 Å². The van der Waals surface area contributed by atoms with Gasteiger partial charge in [-0.2, -0.15) is 4.68 Å². The van der Waals surface area contributed by atoms with Gasteiger partial charge in [0.05, 0.1) is 6.54 Å². The van der Waals surface area contributed by atoms with E-state index in [9.17, 15) is 9.59 Å². The van der Waals surface area contributed by atoms with Gasteiger partial charge in [0, 0.05) is 0 Å². The molecular formula is C13H12N6O2. The number of amides is 1. The van der Waals surface area contributed by atoms with Gasteiger partial charge in [0.25, 0.3) is 5.91 Å². The Morgan fingerprint density at radius 3 is 2.81 bits per heavy atom. The number of imidazole rings is 1. The maximum atomic E-state index is 12.3. The van der Waals surface area contributed by atoms with Crippen LogP contribution >= 0.6 is 0 Å². The predicted molar refractivity (Wildman–Crippen MR) is 73.8 cm³/mol. The summed E-state index contributed by atoms with van der Waals surface area (Å²) in [6.45, 7) is 2.24. The molecule has 8 heteroatoms. The molecule has 1 aromatic carbocycles. The van der Waals surface area contributed by atoms with E-state index in [4.69, 9.17) is 5.73 Å². The highest BCUT2D eigenvalue weighted by atomic mass is 16.2.